The summed E-state index contributed by atoms with van der Waals surface area (Å²) in [5.74, 6) is 0. The van der Waals surface area contributed by atoms with E-state index in [0.717, 1.165) is 0 Å². The maximum absolute atomic E-state index is 10.3. The van der Waals surface area contributed by atoms with Crippen LogP contribution in [0, 0.1) is 0 Å². The Morgan fingerprint density at radius 3 is 1.42 bits per heavy atom. The smallest absolute Gasteiger partial charge is 0.282 e. The normalized spacial score (nSPS) is 12.5. The van der Waals surface area contributed by atoms with Crippen LogP contribution in [0.4, 0.5) is 0 Å². The van der Waals surface area contributed by atoms with E-state index >= 15 is 0 Å². The fraction of sp³-hybridized carbons (Fsp3) is 0. The molecule has 9 heteroatoms. The predicted molar refractivity (Wildman–Crippen MR) is 37.2 cm³/mol. The minimum Gasteiger partial charge on any atom is -0.282 e. The zero-order valence-corrected chi connectivity index (χ0v) is 7.09. The summed E-state index contributed by atoms with van der Waals surface area (Å²) in [6.07, 6.45) is 0. The van der Waals surface area contributed by atoms with E-state index in [4.69, 9.17) is 9.11 Å². The van der Waals surface area contributed by atoms with E-state index in [2.05, 4.69) is 6.58 Å². The Bertz CT molecular complexity index is 368. The monoisotopic (exact) mass is 216 g/mol. The average molecular weight is 216 g/mol. The lowest BCUT2D eigenvalue weighted by molar-refractivity contribution is -0.108. The van der Waals surface area contributed by atoms with Crippen LogP contribution in [0.1, 0.15) is 0 Å². The molecule has 12 heavy (non-hydrogen) atoms. The first-order valence-corrected chi connectivity index (χ1v) is 5.13. The molecule has 0 saturated carbocycles. The van der Waals surface area contributed by atoms with E-state index in [-0.39, 0.29) is 0 Å². The molecule has 0 aromatic heterocycles. The number of carbonyl (C=O) groups excluding carboxylic acids is 1. The van der Waals surface area contributed by atoms with E-state index in [1.54, 1.807) is 0 Å². The molecule has 0 aromatic rings. The molecule has 0 aromatic carbocycles. The van der Waals surface area contributed by atoms with Gasteiger partial charge in [0.2, 0.25) is 0 Å². The fourth-order valence-corrected chi connectivity index (χ4v) is 1.38. The van der Waals surface area contributed by atoms with Crippen molar-refractivity contribution >= 4 is 25.4 Å². The van der Waals surface area contributed by atoms with Crippen LogP contribution in [0.3, 0.4) is 0 Å². The number of hydrogen-bond acceptors (Lipinski definition) is 5. The highest BCUT2D eigenvalue weighted by atomic mass is 32.2. The Hall–Kier alpha value is -0.770. The molecule has 0 rings (SSSR count). The van der Waals surface area contributed by atoms with Crippen LogP contribution < -0.4 is 0 Å². The first-order chi connectivity index (χ1) is 5.07. The van der Waals surface area contributed by atoms with E-state index in [0.29, 0.717) is 0 Å². The summed E-state index contributed by atoms with van der Waals surface area (Å²) >= 11 is 0. The average Bonchev–Trinajstić information content (AvgIpc) is 1.80. The zero-order valence-electron chi connectivity index (χ0n) is 5.46. The maximum Gasteiger partial charge on any atom is 0.334 e. The third-order valence-electron chi connectivity index (χ3n) is 0.773. The summed E-state index contributed by atoms with van der Waals surface area (Å²) in [6, 6.07) is 0. The lowest BCUT2D eigenvalue weighted by Crippen LogP contribution is -2.20. The van der Waals surface area contributed by atoms with E-state index in [9.17, 15) is 21.6 Å². The lowest BCUT2D eigenvalue weighted by atomic mass is 10.7. The quantitative estimate of drug-likeness (QED) is 0.438. The van der Waals surface area contributed by atoms with Gasteiger partial charge < -0.3 is 0 Å². The summed E-state index contributed by atoms with van der Waals surface area (Å²) in [6.45, 7) is 2.47. The molecule has 0 fully saturated rings. The highest BCUT2D eigenvalue weighted by molar-refractivity contribution is 8.05. The predicted octanol–water partition coefficient (Wildman–Crippen LogP) is -1.20. The largest absolute Gasteiger partial charge is 0.334 e. The Morgan fingerprint density at radius 2 is 1.33 bits per heavy atom. The number of carbonyl (C=O) groups is 1. The van der Waals surface area contributed by atoms with Gasteiger partial charge in [0.05, 0.1) is 0 Å². The topological polar surface area (TPSA) is 126 Å². The van der Waals surface area contributed by atoms with Crippen LogP contribution in [0.2, 0.25) is 0 Å². The van der Waals surface area contributed by atoms with Crippen molar-refractivity contribution in [1.82, 2.24) is 0 Å². The lowest BCUT2D eigenvalue weighted by Gasteiger charge is -1.95. The van der Waals surface area contributed by atoms with Gasteiger partial charge in [0.15, 0.2) is 0 Å². The summed E-state index contributed by atoms with van der Waals surface area (Å²) in [5.41, 5.74) is 0. The Kier molecular flexibility index (Phi) is 2.75. The molecular formula is C3H4O7S2. The number of hydrogen-bond donors (Lipinski definition) is 2. The van der Waals surface area contributed by atoms with E-state index in [1.807, 2.05) is 0 Å². The van der Waals surface area contributed by atoms with Gasteiger partial charge in [0.1, 0.15) is 4.91 Å². The van der Waals surface area contributed by atoms with Gasteiger partial charge in [0.25, 0.3) is 10.1 Å². The second-order valence-corrected chi connectivity index (χ2v) is 4.42. The van der Waals surface area contributed by atoms with Crippen molar-refractivity contribution < 1.29 is 30.7 Å². The maximum atomic E-state index is 10.3. The minimum absolute atomic E-state index is 1.59. The second-order valence-electron chi connectivity index (χ2n) is 1.66. The number of rotatable bonds is 2. The van der Waals surface area contributed by atoms with Gasteiger partial charge in [-0.15, -0.1) is 0 Å². The second kappa shape index (κ2) is 2.94. The van der Waals surface area contributed by atoms with Crippen LogP contribution in [-0.4, -0.2) is 31.1 Å². The molecule has 0 unspecified atom stereocenters. The molecule has 0 atom stereocenters. The van der Waals surface area contributed by atoms with Crippen LogP contribution in [0.25, 0.3) is 0 Å². The van der Waals surface area contributed by atoms with Gasteiger partial charge in [-0.05, 0) is 0 Å². The van der Waals surface area contributed by atoms with Crippen molar-refractivity contribution in [3.63, 3.8) is 0 Å². The van der Waals surface area contributed by atoms with Crippen molar-refractivity contribution in [2.45, 2.75) is 0 Å². The van der Waals surface area contributed by atoms with Crippen molar-refractivity contribution in [3.05, 3.63) is 11.5 Å². The Morgan fingerprint density at radius 1 is 1.00 bits per heavy atom. The molecule has 0 radical (unpaired) electrons. The molecule has 0 aliphatic rings. The Labute approximate surface area is 68.2 Å². The molecule has 0 heterocycles. The summed E-state index contributed by atoms with van der Waals surface area (Å²) in [5, 5.41) is -2.15. The van der Waals surface area contributed by atoms with Gasteiger partial charge in [-0.3, -0.25) is 13.9 Å². The Balaban J connectivity index is 5.19. The zero-order chi connectivity index (χ0) is 10.2. The van der Waals surface area contributed by atoms with E-state index in [1.165, 1.54) is 0 Å². The SMILES string of the molecule is C=C(C(=O)S(=O)(=O)O)S(=O)(=O)O. The fourth-order valence-electron chi connectivity index (χ4n) is 0.249. The van der Waals surface area contributed by atoms with Crippen LogP contribution in [0.5, 0.6) is 0 Å². The first-order valence-electron chi connectivity index (χ1n) is 2.25. The van der Waals surface area contributed by atoms with E-state index < -0.39 is 30.3 Å². The third-order valence-corrected chi connectivity index (χ3v) is 2.43. The van der Waals surface area contributed by atoms with Crippen molar-refractivity contribution in [2.24, 2.45) is 0 Å². The standard InChI is InChI=1S/C3H4O7S2/c1-2(11(5,6)7)3(4)12(8,9)10/h1H2,(H,5,6,7)(H,8,9,10). The third kappa shape index (κ3) is 2.70. The molecule has 0 saturated heterocycles. The molecule has 0 bridgehead atoms. The molecule has 7 nitrogen and oxygen atoms in total. The molecule has 0 spiro atoms. The van der Waals surface area contributed by atoms with Crippen molar-refractivity contribution in [1.29, 1.82) is 0 Å². The molecule has 2 N–H and O–H groups in total. The van der Waals surface area contributed by atoms with Crippen LogP contribution in [0.15, 0.2) is 11.5 Å². The van der Waals surface area contributed by atoms with Gasteiger partial charge >= 0.3 is 15.2 Å². The van der Waals surface area contributed by atoms with Crippen molar-refractivity contribution in [2.75, 3.05) is 0 Å². The summed E-state index contributed by atoms with van der Waals surface area (Å²) in [4.78, 5) is 8.74. The van der Waals surface area contributed by atoms with Gasteiger partial charge in [-0.2, -0.15) is 16.8 Å². The highest BCUT2D eigenvalue weighted by Gasteiger charge is 2.29. The first kappa shape index (κ1) is 11.2. The van der Waals surface area contributed by atoms with Gasteiger partial charge in [-0.25, -0.2) is 0 Å². The van der Waals surface area contributed by atoms with Gasteiger partial charge in [0, 0.05) is 0 Å². The highest BCUT2D eigenvalue weighted by Crippen LogP contribution is 2.05. The van der Waals surface area contributed by atoms with Crippen LogP contribution >= 0.6 is 0 Å². The molecule has 0 aliphatic heterocycles. The molecular weight excluding hydrogens is 212 g/mol. The van der Waals surface area contributed by atoms with Gasteiger partial charge in [-0.1, -0.05) is 6.58 Å². The summed E-state index contributed by atoms with van der Waals surface area (Å²) < 4.78 is 56.2. The minimum atomic E-state index is -5.16. The molecule has 0 aliphatic carbocycles. The molecule has 0 amide bonds. The summed E-state index contributed by atoms with van der Waals surface area (Å²) in [7, 11) is -10.1. The van der Waals surface area contributed by atoms with Crippen molar-refractivity contribution in [3.8, 4) is 0 Å². The molecule has 70 valence electrons. The van der Waals surface area contributed by atoms with Crippen LogP contribution in [-0.2, 0) is 25.0 Å².